The minimum Gasteiger partial charge on any atom is -0.481 e. The van der Waals surface area contributed by atoms with Gasteiger partial charge in [-0.15, -0.1) is 0 Å². The monoisotopic (exact) mass is 306 g/mol. The Bertz CT molecular complexity index is 573. The molecule has 1 aromatic carbocycles. The number of hydrogen-bond acceptors (Lipinski definition) is 4. The molecule has 1 atom stereocenters. The first-order valence-electron chi connectivity index (χ1n) is 6.74. The number of rotatable bonds is 6. The number of carbonyl (C=O) groups is 2. The smallest absolute Gasteiger partial charge is 0.350 e. The summed E-state index contributed by atoms with van der Waals surface area (Å²) in [5.41, 5.74) is 1.39. The molecule has 1 fully saturated rings. The normalized spacial score (nSPS) is 20.0. The van der Waals surface area contributed by atoms with E-state index in [0.29, 0.717) is 5.70 Å². The summed E-state index contributed by atoms with van der Waals surface area (Å²) in [7, 11) is 2.84. The molecule has 22 heavy (non-hydrogen) atoms. The van der Waals surface area contributed by atoms with Crippen molar-refractivity contribution in [3.8, 4) is 0 Å². The van der Waals surface area contributed by atoms with E-state index in [4.69, 9.17) is 14.7 Å². The quantitative estimate of drug-likeness (QED) is 0.866. The lowest BCUT2D eigenvalue weighted by atomic mass is 10.2. The Morgan fingerprint density at radius 1 is 1.32 bits per heavy atom. The summed E-state index contributed by atoms with van der Waals surface area (Å²) in [6, 6.07) is 8.98. The Kier molecular flexibility index (Phi) is 5.13. The number of hydrogen-bond donors (Lipinski definition) is 1. The van der Waals surface area contributed by atoms with Gasteiger partial charge in [-0.3, -0.25) is 14.5 Å². The number of hydroxylamine groups is 2. The minimum atomic E-state index is -0.980. The van der Waals surface area contributed by atoms with Crippen LogP contribution in [0.25, 0.3) is 6.08 Å². The first kappa shape index (κ1) is 16.0. The van der Waals surface area contributed by atoms with E-state index in [1.165, 1.54) is 19.1 Å². The van der Waals surface area contributed by atoms with Crippen LogP contribution in [0.2, 0.25) is 0 Å². The fourth-order valence-electron chi connectivity index (χ4n) is 2.30. The molecular formula is C15H18N2O5. The Hall–Kier alpha value is -2.38. The van der Waals surface area contributed by atoms with E-state index in [1.54, 1.807) is 6.08 Å². The van der Waals surface area contributed by atoms with Crippen molar-refractivity contribution in [2.75, 3.05) is 20.8 Å². The first-order chi connectivity index (χ1) is 10.6. The van der Waals surface area contributed by atoms with Crippen LogP contribution in [0.5, 0.6) is 0 Å². The van der Waals surface area contributed by atoms with Crippen LogP contribution in [0.3, 0.4) is 0 Å². The molecular weight excluding hydrogens is 288 g/mol. The molecule has 2 amide bonds. The molecule has 118 valence electrons. The Morgan fingerprint density at radius 3 is 2.55 bits per heavy atom. The first-order valence-corrected chi connectivity index (χ1v) is 6.74. The van der Waals surface area contributed by atoms with Crippen molar-refractivity contribution in [1.29, 1.82) is 0 Å². The van der Waals surface area contributed by atoms with Gasteiger partial charge in [-0.2, -0.15) is 5.06 Å². The van der Waals surface area contributed by atoms with Crippen LogP contribution in [0, 0.1) is 0 Å². The molecule has 1 aliphatic rings. The number of ether oxygens (including phenoxy) is 1. The van der Waals surface area contributed by atoms with Crippen molar-refractivity contribution < 1.29 is 24.3 Å². The van der Waals surface area contributed by atoms with E-state index in [0.717, 1.165) is 10.6 Å². The highest BCUT2D eigenvalue weighted by Gasteiger charge is 2.42. The Morgan fingerprint density at radius 2 is 2.00 bits per heavy atom. The van der Waals surface area contributed by atoms with Crippen LogP contribution in [0.1, 0.15) is 12.0 Å². The number of carboxylic acid groups (broad SMARTS) is 1. The largest absolute Gasteiger partial charge is 0.481 e. The molecule has 1 saturated heterocycles. The molecule has 0 saturated carbocycles. The summed E-state index contributed by atoms with van der Waals surface area (Å²) in [4.78, 5) is 29.5. The van der Waals surface area contributed by atoms with E-state index < -0.39 is 18.2 Å². The third kappa shape index (κ3) is 3.26. The standard InChI is InChI=1S/C15H18N2O5/c1-21-14-12(10-11-6-4-3-5-7-11)17(22-2)15(20)16(14)9-8-13(18)19/h3-7,10,14H,8-9H2,1-2H3,(H,18,19). The van der Waals surface area contributed by atoms with E-state index in [2.05, 4.69) is 0 Å². The van der Waals surface area contributed by atoms with Gasteiger partial charge in [-0.25, -0.2) is 4.79 Å². The van der Waals surface area contributed by atoms with Crippen molar-refractivity contribution in [3.05, 3.63) is 41.6 Å². The molecule has 0 spiro atoms. The zero-order valence-corrected chi connectivity index (χ0v) is 12.4. The number of urea groups is 1. The molecule has 1 aliphatic heterocycles. The molecule has 0 aromatic heterocycles. The van der Waals surface area contributed by atoms with Crippen molar-refractivity contribution in [3.63, 3.8) is 0 Å². The maximum absolute atomic E-state index is 12.3. The SMILES string of the molecule is COC1C(=Cc2ccccc2)N(OC)C(=O)N1CCC(=O)O. The van der Waals surface area contributed by atoms with Gasteiger partial charge >= 0.3 is 12.0 Å². The van der Waals surface area contributed by atoms with Gasteiger partial charge in [0.2, 0.25) is 0 Å². The molecule has 7 heteroatoms. The van der Waals surface area contributed by atoms with Gasteiger partial charge in [0, 0.05) is 13.7 Å². The number of carboxylic acids is 1. The fourth-order valence-corrected chi connectivity index (χ4v) is 2.30. The zero-order valence-electron chi connectivity index (χ0n) is 12.4. The van der Waals surface area contributed by atoms with E-state index >= 15 is 0 Å². The maximum atomic E-state index is 12.3. The van der Waals surface area contributed by atoms with Gasteiger partial charge < -0.3 is 9.84 Å². The molecule has 1 unspecified atom stereocenters. The van der Waals surface area contributed by atoms with Gasteiger partial charge in [0.05, 0.1) is 13.5 Å². The van der Waals surface area contributed by atoms with Crippen molar-refractivity contribution in [2.24, 2.45) is 0 Å². The lowest BCUT2D eigenvalue weighted by Crippen LogP contribution is -2.37. The van der Waals surface area contributed by atoms with E-state index in [9.17, 15) is 9.59 Å². The third-order valence-corrected chi connectivity index (χ3v) is 3.28. The summed E-state index contributed by atoms with van der Waals surface area (Å²) >= 11 is 0. The Balaban J connectivity index is 2.32. The van der Waals surface area contributed by atoms with Crippen molar-refractivity contribution >= 4 is 18.1 Å². The molecule has 0 bridgehead atoms. The lowest BCUT2D eigenvalue weighted by Gasteiger charge is -2.20. The zero-order chi connectivity index (χ0) is 16.1. The number of amides is 2. The third-order valence-electron chi connectivity index (χ3n) is 3.28. The molecule has 0 aliphatic carbocycles. The number of methoxy groups -OCH3 is 1. The predicted octanol–water partition coefficient (Wildman–Crippen LogP) is 1.77. The fraction of sp³-hybridized carbons (Fsp3) is 0.333. The molecule has 1 heterocycles. The van der Waals surface area contributed by atoms with E-state index in [1.807, 2.05) is 30.3 Å². The van der Waals surface area contributed by atoms with Crippen LogP contribution >= 0.6 is 0 Å². The molecule has 2 rings (SSSR count). The van der Waals surface area contributed by atoms with Crippen LogP contribution in [-0.4, -0.2) is 54.1 Å². The lowest BCUT2D eigenvalue weighted by molar-refractivity contribution is -0.137. The molecule has 7 nitrogen and oxygen atoms in total. The minimum absolute atomic E-state index is 0.0403. The van der Waals surface area contributed by atoms with Crippen molar-refractivity contribution in [1.82, 2.24) is 9.96 Å². The second kappa shape index (κ2) is 7.06. The van der Waals surface area contributed by atoms with Crippen LogP contribution in [0.4, 0.5) is 4.79 Å². The second-order valence-electron chi connectivity index (χ2n) is 4.66. The average Bonchev–Trinajstić information content (AvgIpc) is 2.76. The molecule has 1 aromatic rings. The number of carbonyl (C=O) groups excluding carboxylic acids is 1. The van der Waals surface area contributed by atoms with Crippen LogP contribution in [0.15, 0.2) is 36.0 Å². The van der Waals surface area contributed by atoms with Crippen molar-refractivity contribution in [2.45, 2.75) is 12.6 Å². The molecule has 0 radical (unpaired) electrons. The maximum Gasteiger partial charge on any atom is 0.350 e. The van der Waals surface area contributed by atoms with Gasteiger partial charge in [0.15, 0.2) is 6.23 Å². The predicted molar refractivity (Wildman–Crippen MR) is 78.4 cm³/mol. The van der Waals surface area contributed by atoms with Gasteiger partial charge in [0.25, 0.3) is 0 Å². The number of aliphatic carboxylic acids is 1. The average molecular weight is 306 g/mol. The summed E-state index contributed by atoms with van der Waals surface area (Å²) in [5, 5.41) is 9.92. The summed E-state index contributed by atoms with van der Waals surface area (Å²) in [6.07, 6.45) is 0.921. The summed E-state index contributed by atoms with van der Waals surface area (Å²) in [5.74, 6) is -0.980. The highest BCUT2D eigenvalue weighted by molar-refractivity contribution is 5.82. The second-order valence-corrected chi connectivity index (χ2v) is 4.66. The highest BCUT2D eigenvalue weighted by atomic mass is 16.7. The molecule has 1 N–H and O–H groups in total. The van der Waals surface area contributed by atoms with E-state index in [-0.39, 0.29) is 13.0 Å². The summed E-state index contributed by atoms with van der Waals surface area (Å²) in [6.45, 7) is 0.0403. The highest BCUT2D eigenvalue weighted by Crippen LogP contribution is 2.29. The topological polar surface area (TPSA) is 79.3 Å². The Labute approximate surface area is 128 Å². The number of benzene rings is 1. The summed E-state index contributed by atoms with van der Waals surface area (Å²) < 4.78 is 5.37. The number of nitrogens with zero attached hydrogens (tertiary/aromatic N) is 2. The van der Waals surface area contributed by atoms with Gasteiger partial charge in [-0.05, 0) is 11.6 Å². The van der Waals surface area contributed by atoms with Gasteiger partial charge in [-0.1, -0.05) is 30.3 Å². The van der Waals surface area contributed by atoms with Crippen LogP contribution in [-0.2, 0) is 14.4 Å². The van der Waals surface area contributed by atoms with Gasteiger partial charge in [0.1, 0.15) is 5.70 Å². The van der Waals surface area contributed by atoms with Crippen LogP contribution < -0.4 is 0 Å².